The van der Waals surface area contributed by atoms with Crippen LogP contribution in [0.4, 0.5) is 4.39 Å². The zero-order valence-corrected chi connectivity index (χ0v) is 11.6. The zero-order valence-electron chi connectivity index (χ0n) is 10.9. The second kappa shape index (κ2) is 6.24. The van der Waals surface area contributed by atoms with Crippen LogP contribution in [0.25, 0.3) is 6.08 Å². The number of carbonyl (C=O) groups is 2. The molecule has 5 nitrogen and oxygen atoms in total. The van der Waals surface area contributed by atoms with Crippen molar-refractivity contribution in [2.24, 2.45) is 0 Å². The maximum Gasteiger partial charge on any atom is 0.326 e. The van der Waals surface area contributed by atoms with Gasteiger partial charge in [0.25, 0.3) is 0 Å². The number of carboxylic acid groups (broad SMARTS) is 1. The molecule has 0 radical (unpaired) electrons. The molecular formula is C14H13ClFNO4. The van der Waals surface area contributed by atoms with Crippen LogP contribution in [0, 0.1) is 5.82 Å². The number of carbonyl (C=O) groups excluding carboxylic acids is 1. The molecule has 1 heterocycles. The highest BCUT2D eigenvalue weighted by atomic mass is 35.5. The second-order valence-corrected chi connectivity index (χ2v) is 5.15. The maximum absolute atomic E-state index is 13.0. The van der Waals surface area contributed by atoms with Crippen LogP contribution in [0.3, 0.4) is 0 Å². The summed E-state index contributed by atoms with van der Waals surface area (Å²) < 4.78 is 13.0. The number of benzene rings is 1. The highest BCUT2D eigenvalue weighted by Gasteiger charge is 2.37. The molecule has 7 heteroatoms. The third kappa shape index (κ3) is 3.59. The van der Waals surface area contributed by atoms with Gasteiger partial charge in [0.1, 0.15) is 11.9 Å². The molecule has 0 saturated carbocycles. The Morgan fingerprint density at radius 3 is 2.76 bits per heavy atom. The summed E-state index contributed by atoms with van der Waals surface area (Å²) in [6, 6.07) is 2.94. The number of hydrogen-bond acceptors (Lipinski definition) is 3. The van der Waals surface area contributed by atoms with E-state index in [4.69, 9.17) is 16.7 Å². The number of halogens is 2. The first kappa shape index (κ1) is 15.5. The van der Waals surface area contributed by atoms with Crippen molar-refractivity contribution >= 4 is 29.6 Å². The number of nitrogens with zero attached hydrogens (tertiary/aromatic N) is 1. The minimum atomic E-state index is -1.15. The monoisotopic (exact) mass is 313 g/mol. The van der Waals surface area contributed by atoms with Gasteiger partial charge in [0.05, 0.1) is 11.1 Å². The highest BCUT2D eigenvalue weighted by Crippen LogP contribution is 2.20. The fourth-order valence-corrected chi connectivity index (χ4v) is 2.36. The lowest BCUT2D eigenvalue weighted by Crippen LogP contribution is -2.39. The molecule has 1 aromatic rings. The molecule has 2 atom stereocenters. The van der Waals surface area contributed by atoms with Crippen LogP contribution in [0.1, 0.15) is 12.0 Å². The first-order valence-corrected chi connectivity index (χ1v) is 6.61. The molecule has 1 aromatic carbocycles. The number of carboxylic acids is 1. The van der Waals surface area contributed by atoms with Crippen LogP contribution in [-0.4, -0.2) is 45.7 Å². The van der Waals surface area contributed by atoms with Crippen molar-refractivity contribution in [1.29, 1.82) is 0 Å². The molecule has 1 saturated heterocycles. The number of hydrogen-bond donors (Lipinski definition) is 2. The van der Waals surface area contributed by atoms with Crippen molar-refractivity contribution < 1.29 is 24.2 Å². The van der Waals surface area contributed by atoms with E-state index in [-0.39, 0.29) is 18.0 Å². The molecule has 0 unspecified atom stereocenters. The Balaban J connectivity index is 2.11. The third-order valence-electron chi connectivity index (χ3n) is 3.21. The van der Waals surface area contributed by atoms with E-state index < -0.39 is 29.8 Å². The van der Waals surface area contributed by atoms with Crippen LogP contribution < -0.4 is 0 Å². The summed E-state index contributed by atoms with van der Waals surface area (Å²) in [4.78, 5) is 24.1. The zero-order chi connectivity index (χ0) is 15.6. The van der Waals surface area contributed by atoms with Gasteiger partial charge >= 0.3 is 5.97 Å². The van der Waals surface area contributed by atoms with E-state index in [1.807, 2.05) is 0 Å². The largest absolute Gasteiger partial charge is 0.480 e. The van der Waals surface area contributed by atoms with E-state index in [0.717, 1.165) is 4.90 Å². The van der Waals surface area contributed by atoms with E-state index in [1.54, 1.807) is 0 Å². The van der Waals surface area contributed by atoms with Crippen LogP contribution in [0.15, 0.2) is 24.3 Å². The molecule has 21 heavy (non-hydrogen) atoms. The second-order valence-electron chi connectivity index (χ2n) is 4.74. The quantitative estimate of drug-likeness (QED) is 0.830. The number of likely N-dealkylation sites (tertiary alicyclic amines) is 1. The topological polar surface area (TPSA) is 77.8 Å². The Morgan fingerprint density at radius 2 is 2.14 bits per heavy atom. The van der Waals surface area contributed by atoms with Crippen molar-refractivity contribution in [2.45, 2.75) is 18.6 Å². The minimum absolute atomic E-state index is 0.0112. The highest BCUT2D eigenvalue weighted by molar-refractivity contribution is 6.30. The van der Waals surface area contributed by atoms with E-state index >= 15 is 0 Å². The SMILES string of the molecule is O=C(O)[C@H]1C[C@@H](O)CN1C(=O)C=Cc1ccc(F)c(Cl)c1. The van der Waals surface area contributed by atoms with E-state index in [0.29, 0.717) is 5.56 Å². The lowest BCUT2D eigenvalue weighted by molar-refractivity contribution is -0.146. The third-order valence-corrected chi connectivity index (χ3v) is 3.50. The van der Waals surface area contributed by atoms with Gasteiger partial charge in [0.15, 0.2) is 0 Å². The molecule has 1 fully saturated rings. The molecule has 1 amide bonds. The molecule has 0 bridgehead atoms. The first-order valence-electron chi connectivity index (χ1n) is 6.23. The average Bonchev–Trinajstić information content (AvgIpc) is 2.82. The van der Waals surface area contributed by atoms with Crippen molar-refractivity contribution in [3.8, 4) is 0 Å². The fourth-order valence-electron chi connectivity index (χ4n) is 2.17. The Labute approximate surface area is 125 Å². The molecule has 0 aliphatic carbocycles. The normalized spacial score (nSPS) is 22.0. The molecule has 0 spiro atoms. The lowest BCUT2D eigenvalue weighted by atomic mass is 10.2. The molecular weight excluding hydrogens is 301 g/mol. The van der Waals surface area contributed by atoms with E-state index in [9.17, 15) is 19.1 Å². The molecule has 1 aliphatic heterocycles. The van der Waals surface area contributed by atoms with Gasteiger partial charge in [-0.25, -0.2) is 9.18 Å². The van der Waals surface area contributed by atoms with Gasteiger partial charge in [-0.3, -0.25) is 4.79 Å². The van der Waals surface area contributed by atoms with Crippen molar-refractivity contribution in [3.05, 3.63) is 40.7 Å². The van der Waals surface area contributed by atoms with Gasteiger partial charge in [0.2, 0.25) is 5.91 Å². The van der Waals surface area contributed by atoms with Gasteiger partial charge in [-0.2, -0.15) is 0 Å². The predicted molar refractivity (Wildman–Crippen MR) is 74.2 cm³/mol. The Morgan fingerprint density at radius 1 is 1.43 bits per heavy atom. The summed E-state index contributed by atoms with van der Waals surface area (Å²) in [7, 11) is 0. The van der Waals surface area contributed by atoms with Gasteiger partial charge < -0.3 is 15.1 Å². The van der Waals surface area contributed by atoms with Crippen LogP contribution >= 0.6 is 11.6 Å². The minimum Gasteiger partial charge on any atom is -0.480 e. The fraction of sp³-hybridized carbons (Fsp3) is 0.286. The summed E-state index contributed by atoms with van der Waals surface area (Å²) in [6.45, 7) is -0.0235. The van der Waals surface area contributed by atoms with Crippen LogP contribution in [0.2, 0.25) is 5.02 Å². The number of rotatable bonds is 3. The van der Waals surface area contributed by atoms with E-state index in [1.165, 1.54) is 30.4 Å². The summed E-state index contributed by atoms with van der Waals surface area (Å²) >= 11 is 5.63. The standard InChI is InChI=1S/C14H13ClFNO4/c15-10-5-8(1-3-11(10)16)2-4-13(19)17-7-9(18)6-12(17)14(20)21/h1-5,9,12,18H,6-7H2,(H,20,21)/t9-,12-/m1/s1. The number of β-amino-alcohol motifs (C(OH)–C–C–N with tert-alkyl or cyclic N) is 1. The van der Waals surface area contributed by atoms with Gasteiger partial charge in [-0.1, -0.05) is 17.7 Å². The van der Waals surface area contributed by atoms with Crippen molar-refractivity contribution in [2.75, 3.05) is 6.54 Å². The van der Waals surface area contributed by atoms with Crippen molar-refractivity contribution in [3.63, 3.8) is 0 Å². The molecule has 0 aromatic heterocycles. The summed E-state index contributed by atoms with van der Waals surface area (Å²) in [5, 5.41) is 18.4. The summed E-state index contributed by atoms with van der Waals surface area (Å²) in [6.07, 6.45) is 1.76. The van der Waals surface area contributed by atoms with Crippen LogP contribution in [-0.2, 0) is 9.59 Å². The Hall–Kier alpha value is -1.92. The maximum atomic E-state index is 13.0. The first-order chi connectivity index (χ1) is 9.88. The molecule has 2 rings (SSSR count). The summed E-state index contributed by atoms with van der Waals surface area (Å²) in [5.74, 6) is -2.24. The Bertz CT molecular complexity index is 605. The lowest BCUT2D eigenvalue weighted by Gasteiger charge is -2.19. The number of aliphatic hydroxyl groups excluding tert-OH is 1. The smallest absolute Gasteiger partial charge is 0.326 e. The Kier molecular flexibility index (Phi) is 4.59. The number of aliphatic carboxylic acids is 1. The predicted octanol–water partition coefficient (Wildman–Crippen LogP) is 1.54. The number of amides is 1. The van der Waals surface area contributed by atoms with Crippen molar-refractivity contribution in [1.82, 2.24) is 4.90 Å². The van der Waals surface area contributed by atoms with E-state index in [2.05, 4.69) is 0 Å². The number of aliphatic hydroxyl groups is 1. The summed E-state index contributed by atoms with van der Waals surface area (Å²) in [5.41, 5.74) is 0.515. The van der Waals surface area contributed by atoms with Gasteiger partial charge in [0, 0.05) is 19.0 Å². The molecule has 1 aliphatic rings. The van der Waals surface area contributed by atoms with Gasteiger partial charge in [-0.15, -0.1) is 0 Å². The van der Waals surface area contributed by atoms with Crippen LogP contribution in [0.5, 0.6) is 0 Å². The molecule has 112 valence electrons. The average molecular weight is 314 g/mol. The van der Waals surface area contributed by atoms with Gasteiger partial charge in [-0.05, 0) is 23.8 Å². The molecule has 2 N–H and O–H groups in total.